The van der Waals surface area contributed by atoms with E-state index in [1.54, 1.807) is 11.8 Å². The summed E-state index contributed by atoms with van der Waals surface area (Å²) in [6.45, 7) is 4.95. The molecule has 0 aliphatic carbocycles. The third-order valence-electron chi connectivity index (χ3n) is 6.01. The van der Waals surface area contributed by atoms with Crippen LogP contribution >= 0.6 is 0 Å². The average molecular weight is 460 g/mol. The summed E-state index contributed by atoms with van der Waals surface area (Å²) < 4.78 is 44.3. The monoisotopic (exact) mass is 460 g/mol. The zero-order valence-electron chi connectivity index (χ0n) is 18.4. The van der Waals surface area contributed by atoms with Crippen molar-refractivity contribution in [3.05, 3.63) is 63.1 Å². The highest BCUT2D eigenvalue weighted by Crippen LogP contribution is 2.30. The summed E-state index contributed by atoms with van der Waals surface area (Å²) in [5.41, 5.74) is -0.610. The number of aryl methyl sites for hydroxylation is 1. The van der Waals surface area contributed by atoms with Gasteiger partial charge in [-0.1, -0.05) is 0 Å². The molecule has 1 saturated heterocycles. The summed E-state index contributed by atoms with van der Waals surface area (Å²) >= 11 is 0. The number of pyridine rings is 1. The van der Waals surface area contributed by atoms with Gasteiger partial charge in [0.15, 0.2) is 11.6 Å². The van der Waals surface area contributed by atoms with Gasteiger partial charge >= 0.3 is 0 Å². The number of benzene rings is 1. The van der Waals surface area contributed by atoms with E-state index in [4.69, 9.17) is 0 Å². The molecule has 11 heteroatoms. The maximum atomic E-state index is 15.2. The number of carbonyl (C=O) groups is 1. The lowest BCUT2D eigenvalue weighted by Gasteiger charge is -2.39. The maximum absolute atomic E-state index is 15.2. The van der Waals surface area contributed by atoms with E-state index < -0.39 is 35.1 Å². The minimum atomic E-state index is -0.744. The van der Waals surface area contributed by atoms with Gasteiger partial charge in [0.2, 0.25) is 5.95 Å². The molecule has 1 fully saturated rings. The molecule has 1 aromatic carbocycles. The number of aromatic nitrogens is 3. The van der Waals surface area contributed by atoms with Gasteiger partial charge in [0.25, 0.3) is 11.5 Å². The van der Waals surface area contributed by atoms with E-state index in [1.807, 2.05) is 4.90 Å². The van der Waals surface area contributed by atoms with E-state index in [1.165, 1.54) is 26.1 Å². The van der Waals surface area contributed by atoms with E-state index in [-0.39, 0.29) is 33.7 Å². The number of amides is 1. The molecule has 1 aliphatic rings. The van der Waals surface area contributed by atoms with Crippen molar-refractivity contribution in [2.45, 2.75) is 19.9 Å². The second-order valence-corrected chi connectivity index (χ2v) is 7.92. The highest BCUT2D eigenvalue weighted by Gasteiger charge is 2.28. The molecular formula is C22H23F3N6O2. The second kappa shape index (κ2) is 8.81. The maximum Gasteiger partial charge on any atom is 0.269 e. The minimum Gasteiger partial charge on any atom is -0.365 e. The fraction of sp³-hybridized carbons (Fsp3) is 0.364. The van der Waals surface area contributed by atoms with Gasteiger partial charge in [0.1, 0.15) is 22.4 Å². The van der Waals surface area contributed by atoms with Gasteiger partial charge in [0.05, 0.1) is 5.69 Å². The minimum absolute atomic E-state index is 0.0115. The van der Waals surface area contributed by atoms with Crippen LogP contribution in [0.15, 0.2) is 23.0 Å². The summed E-state index contributed by atoms with van der Waals surface area (Å²) in [5.74, 6) is -2.65. The highest BCUT2D eigenvalue weighted by molar-refractivity contribution is 5.92. The van der Waals surface area contributed by atoms with E-state index in [2.05, 4.69) is 20.3 Å². The molecule has 2 N–H and O–H groups in total. The first-order valence-corrected chi connectivity index (χ1v) is 10.5. The molecule has 1 aliphatic heterocycles. The standard InChI is InChI=1S/C22H23F3N6O2/c1-11-21(32)29-19-17(24)13(10-14(23)18(19)27-11)12(2)30-6-8-31(9-7-30)16-5-4-15(22(33)26-3)28-20(16)25/h4-5,10,12H,6-9H2,1-3H3,(H,26,33)(H,29,32). The second-order valence-electron chi connectivity index (χ2n) is 7.92. The first-order valence-electron chi connectivity index (χ1n) is 10.5. The molecule has 33 heavy (non-hydrogen) atoms. The predicted molar refractivity (Wildman–Crippen MR) is 117 cm³/mol. The number of rotatable bonds is 4. The SMILES string of the molecule is CNC(=O)c1ccc(N2CCN(C(C)c3cc(F)c4nc(C)c(=O)[nH]c4c3F)CC2)c(F)n1. The lowest BCUT2D eigenvalue weighted by atomic mass is 10.0. The number of hydrogen-bond acceptors (Lipinski definition) is 6. The number of piperazine rings is 1. The van der Waals surface area contributed by atoms with Gasteiger partial charge in [0, 0.05) is 44.8 Å². The summed E-state index contributed by atoms with van der Waals surface area (Å²) in [7, 11) is 1.44. The molecule has 0 bridgehead atoms. The van der Waals surface area contributed by atoms with E-state index in [0.717, 1.165) is 6.07 Å². The Bertz CT molecular complexity index is 1290. The Morgan fingerprint density at radius 1 is 1.15 bits per heavy atom. The van der Waals surface area contributed by atoms with Crippen molar-refractivity contribution >= 4 is 22.6 Å². The van der Waals surface area contributed by atoms with Crippen molar-refractivity contribution < 1.29 is 18.0 Å². The van der Waals surface area contributed by atoms with Gasteiger partial charge in [-0.15, -0.1) is 0 Å². The lowest BCUT2D eigenvalue weighted by Crippen LogP contribution is -2.47. The number of halogens is 3. The summed E-state index contributed by atoms with van der Waals surface area (Å²) in [4.78, 5) is 37.2. The van der Waals surface area contributed by atoms with E-state index in [0.29, 0.717) is 26.2 Å². The molecule has 8 nitrogen and oxygen atoms in total. The zero-order chi connectivity index (χ0) is 23.9. The molecule has 1 amide bonds. The average Bonchev–Trinajstić information content (AvgIpc) is 2.81. The van der Waals surface area contributed by atoms with Crippen LogP contribution in [0.2, 0.25) is 0 Å². The Balaban J connectivity index is 1.53. The van der Waals surface area contributed by atoms with Gasteiger partial charge in [-0.2, -0.15) is 4.39 Å². The third-order valence-corrected chi connectivity index (χ3v) is 6.01. The van der Waals surface area contributed by atoms with Crippen molar-refractivity contribution in [1.29, 1.82) is 0 Å². The molecule has 0 spiro atoms. The fourth-order valence-corrected chi connectivity index (χ4v) is 4.05. The molecule has 174 valence electrons. The largest absolute Gasteiger partial charge is 0.365 e. The van der Waals surface area contributed by atoms with Crippen molar-refractivity contribution in [2.75, 3.05) is 38.1 Å². The van der Waals surface area contributed by atoms with Gasteiger partial charge in [-0.25, -0.2) is 18.7 Å². The zero-order valence-corrected chi connectivity index (χ0v) is 18.4. The van der Waals surface area contributed by atoms with Crippen LogP contribution in [0.5, 0.6) is 0 Å². The quantitative estimate of drug-likeness (QED) is 0.581. The molecule has 4 rings (SSSR count). The smallest absolute Gasteiger partial charge is 0.269 e. The number of hydrogen-bond donors (Lipinski definition) is 2. The lowest BCUT2D eigenvalue weighted by molar-refractivity contribution is 0.0957. The Hall–Kier alpha value is -3.47. The van der Waals surface area contributed by atoms with Crippen molar-refractivity contribution in [2.24, 2.45) is 0 Å². The van der Waals surface area contributed by atoms with Crippen LogP contribution in [-0.4, -0.2) is 59.0 Å². The highest BCUT2D eigenvalue weighted by atomic mass is 19.1. The van der Waals surface area contributed by atoms with Crippen molar-refractivity contribution in [1.82, 2.24) is 25.2 Å². The first-order chi connectivity index (χ1) is 15.7. The van der Waals surface area contributed by atoms with Gasteiger partial charge in [-0.3, -0.25) is 14.5 Å². The molecular weight excluding hydrogens is 437 g/mol. The topological polar surface area (TPSA) is 94.2 Å². The molecule has 0 radical (unpaired) electrons. The number of aromatic amines is 1. The Kier molecular flexibility index (Phi) is 6.07. The Morgan fingerprint density at radius 3 is 2.48 bits per heavy atom. The van der Waals surface area contributed by atoms with E-state index in [9.17, 15) is 18.4 Å². The van der Waals surface area contributed by atoms with Crippen LogP contribution in [0, 0.1) is 24.5 Å². The number of nitrogens with one attached hydrogen (secondary N) is 2. The number of fused-ring (bicyclic) bond motifs is 1. The summed E-state index contributed by atoms with van der Waals surface area (Å²) in [5, 5.41) is 2.40. The fourth-order valence-electron chi connectivity index (χ4n) is 4.05. The van der Waals surface area contributed by atoms with Crippen LogP contribution in [0.4, 0.5) is 18.9 Å². The molecule has 3 heterocycles. The third kappa shape index (κ3) is 4.15. The summed E-state index contributed by atoms with van der Waals surface area (Å²) in [6, 6.07) is 3.58. The Morgan fingerprint density at radius 2 is 1.85 bits per heavy atom. The molecule has 1 atom stereocenters. The van der Waals surface area contributed by atoms with Crippen LogP contribution < -0.4 is 15.8 Å². The summed E-state index contributed by atoms with van der Waals surface area (Å²) in [6.07, 6.45) is 0. The van der Waals surface area contributed by atoms with E-state index >= 15 is 4.39 Å². The van der Waals surface area contributed by atoms with Gasteiger partial charge < -0.3 is 15.2 Å². The molecule has 0 saturated carbocycles. The first kappa shape index (κ1) is 22.7. The molecule has 3 aromatic rings. The molecule has 1 unspecified atom stereocenters. The predicted octanol–water partition coefficient (Wildman–Crippen LogP) is 2.29. The van der Waals surface area contributed by atoms with Crippen molar-refractivity contribution in [3.63, 3.8) is 0 Å². The number of nitrogens with zero attached hydrogens (tertiary/aromatic N) is 4. The Labute approximate surface area is 187 Å². The number of carbonyl (C=O) groups excluding carboxylic acids is 1. The normalized spacial score (nSPS) is 15.6. The number of anilines is 1. The number of H-pyrrole nitrogens is 1. The van der Waals surface area contributed by atoms with Crippen LogP contribution in [0.1, 0.15) is 34.7 Å². The van der Waals surface area contributed by atoms with Crippen molar-refractivity contribution in [3.8, 4) is 0 Å². The van der Waals surface area contributed by atoms with Crippen LogP contribution in [0.3, 0.4) is 0 Å². The van der Waals surface area contributed by atoms with Gasteiger partial charge in [-0.05, 0) is 32.0 Å². The van der Waals surface area contributed by atoms with Crippen LogP contribution in [-0.2, 0) is 0 Å². The molecule has 2 aromatic heterocycles. The van der Waals surface area contributed by atoms with Crippen LogP contribution in [0.25, 0.3) is 11.0 Å².